The van der Waals surface area contributed by atoms with Crippen LogP contribution >= 0.6 is 0 Å². The first kappa shape index (κ1) is 20.2. The maximum Gasteiger partial charge on any atom is 0.322 e. The predicted molar refractivity (Wildman–Crippen MR) is 114 cm³/mol. The number of aromatic nitrogens is 3. The van der Waals surface area contributed by atoms with Crippen molar-refractivity contribution in [3.05, 3.63) is 84.7 Å². The van der Waals surface area contributed by atoms with Crippen LogP contribution in [0.25, 0.3) is 11.5 Å². The number of carbonyl (C=O) groups is 1. The van der Waals surface area contributed by atoms with Crippen molar-refractivity contribution in [1.29, 1.82) is 0 Å². The Kier molecular flexibility index (Phi) is 5.46. The molecule has 2 aromatic carbocycles. The molecule has 9 nitrogen and oxygen atoms in total. The molecule has 0 spiro atoms. The normalized spacial score (nSPS) is 11.1. The van der Waals surface area contributed by atoms with Crippen LogP contribution < -0.4 is 9.62 Å². The molecule has 0 fully saturated rings. The quantitative estimate of drug-likeness (QED) is 0.494. The fraction of sp³-hybridized carbons (Fsp3) is 0.0476. The van der Waals surface area contributed by atoms with E-state index in [9.17, 15) is 13.2 Å². The van der Waals surface area contributed by atoms with Crippen molar-refractivity contribution in [1.82, 2.24) is 15.2 Å². The van der Waals surface area contributed by atoms with Gasteiger partial charge >= 0.3 is 6.01 Å². The second kappa shape index (κ2) is 8.36. The number of rotatable bonds is 6. The summed E-state index contributed by atoms with van der Waals surface area (Å²) in [6.45, 7) is 0. The first-order valence-electron chi connectivity index (χ1n) is 9.14. The van der Waals surface area contributed by atoms with Gasteiger partial charge in [0, 0.05) is 30.6 Å². The van der Waals surface area contributed by atoms with Gasteiger partial charge in [-0.15, -0.1) is 5.10 Å². The highest BCUT2D eigenvalue weighted by Crippen LogP contribution is 2.23. The van der Waals surface area contributed by atoms with Crippen molar-refractivity contribution < 1.29 is 17.6 Å². The molecule has 156 valence electrons. The van der Waals surface area contributed by atoms with Crippen molar-refractivity contribution in [3.8, 4) is 11.5 Å². The lowest BCUT2D eigenvalue weighted by atomic mass is 10.2. The van der Waals surface area contributed by atoms with Gasteiger partial charge in [-0.1, -0.05) is 23.3 Å². The Hall–Kier alpha value is -4.05. The molecule has 2 aromatic heterocycles. The van der Waals surface area contributed by atoms with E-state index in [1.54, 1.807) is 54.9 Å². The summed E-state index contributed by atoms with van der Waals surface area (Å²) in [6.07, 6.45) is 3.17. The van der Waals surface area contributed by atoms with Crippen LogP contribution in [0.5, 0.6) is 0 Å². The van der Waals surface area contributed by atoms with Crippen LogP contribution in [-0.2, 0) is 10.0 Å². The summed E-state index contributed by atoms with van der Waals surface area (Å²) < 4.78 is 32.3. The Bertz CT molecular complexity index is 1290. The van der Waals surface area contributed by atoms with Crippen LogP contribution in [-0.4, -0.2) is 36.6 Å². The minimum Gasteiger partial charge on any atom is -0.403 e. The summed E-state index contributed by atoms with van der Waals surface area (Å²) in [6, 6.07) is 17.6. The van der Waals surface area contributed by atoms with E-state index in [0.29, 0.717) is 11.3 Å². The molecule has 0 saturated heterocycles. The van der Waals surface area contributed by atoms with Gasteiger partial charge < -0.3 is 4.42 Å². The van der Waals surface area contributed by atoms with Gasteiger partial charge in [-0.05, 0) is 48.5 Å². The van der Waals surface area contributed by atoms with E-state index in [4.69, 9.17) is 4.42 Å². The van der Waals surface area contributed by atoms with Gasteiger partial charge in [0.1, 0.15) is 0 Å². The minimum absolute atomic E-state index is 0.0631. The van der Waals surface area contributed by atoms with E-state index >= 15 is 0 Å². The summed E-state index contributed by atoms with van der Waals surface area (Å²) in [5.41, 5.74) is 1.44. The van der Waals surface area contributed by atoms with Crippen molar-refractivity contribution in [2.24, 2.45) is 0 Å². The van der Waals surface area contributed by atoms with Gasteiger partial charge in [-0.25, -0.2) is 8.42 Å². The molecule has 4 rings (SSSR count). The number of carbonyl (C=O) groups excluding carboxylic acids is 1. The maximum absolute atomic E-state index is 12.8. The molecule has 2 heterocycles. The lowest BCUT2D eigenvalue weighted by Crippen LogP contribution is -2.26. The fourth-order valence-electron chi connectivity index (χ4n) is 2.77. The van der Waals surface area contributed by atoms with Crippen LogP contribution in [0.15, 0.2) is 88.4 Å². The third-order valence-electron chi connectivity index (χ3n) is 4.47. The molecule has 31 heavy (non-hydrogen) atoms. The Morgan fingerprint density at radius 3 is 2.29 bits per heavy atom. The fourth-order valence-corrected chi connectivity index (χ4v) is 3.96. The van der Waals surface area contributed by atoms with E-state index in [0.717, 1.165) is 0 Å². The molecule has 0 aliphatic rings. The molecular formula is C21H17N5O4S. The van der Waals surface area contributed by atoms with E-state index in [2.05, 4.69) is 20.5 Å². The van der Waals surface area contributed by atoms with Crippen LogP contribution in [0.1, 0.15) is 10.4 Å². The van der Waals surface area contributed by atoms with Gasteiger partial charge in [-0.2, -0.15) is 0 Å². The number of benzene rings is 2. The number of hydrogen-bond donors (Lipinski definition) is 1. The molecule has 1 N–H and O–H groups in total. The lowest BCUT2D eigenvalue weighted by molar-refractivity contribution is 0.102. The van der Waals surface area contributed by atoms with Crippen molar-refractivity contribution in [2.45, 2.75) is 4.90 Å². The monoisotopic (exact) mass is 435 g/mol. The highest BCUT2D eigenvalue weighted by Gasteiger charge is 2.22. The molecule has 0 bridgehead atoms. The zero-order valence-corrected chi connectivity index (χ0v) is 17.2. The van der Waals surface area contributed by atoms with Crippen LogP contribution in [0.2, 0.25) is 0 Å². The average Bonchev–Trinajstić information content (AvgIpc) is 3.28. The topological polar surface area (TPSA) is 118 Å². The summed E-state index contributed by atoms with van der Waals surface area (Å²) in [5.74, 6) is -0.270. The number of hydrogen-bond acceptors (Lipinski definition) is 7. The molecular weight excluding hydrogens is 418 g/mol. The molecule has 1 amide bonds. The summed E-state index contributed by atoms with van der Waals surface area (Å²) >= 11 is 0. The molecule has 0 saturated carbocycles. The molecule has 0 aliphatic heterocycles. The van der Waals surface area contributed by atoms with Gasteiger partial charge in [0.15, 0.2) is 0 Å². The van der Waals surface area contributed by atoms with Crippen LogP contribution in [0.3, 0.4) is 0 Å². The van der Waals surface area contributed by atoms with E-state index in [1.165, 1.54) is 35.6 Å². The van der Waals surface area contributed by atoms with Crippen LogP contribution in [0, 0.1) is 0 Å². The minimum atomic E-state index is -3.77. The largest absolute Gasteiger partial charge is 0.403 e. The number of pyridine rings is 1. The highest BCUT2D eigenvalue weighted by molar-refractivity contribution is 7.92. The van der Waals surface area contributed by atoms with Crippen LogP contribution in [0.4, 0.5) is 11.7 Å². The van der Waals surface area contributed by atoms with Gasteiger partial charge in [-0.3, -0.25) is 19.4 Å². The first-order valence-corrected chi connectivity index (χ1v) is 10.6. The molecule has 0 aliphatic carbocycles. The number of para-hydroxylation sites is 1. The van der Waals surface area contributed by atoms with Crippen molar-refractivity contribution in [3.63, 3.8) is 0 Å². The summed E-state index contributed by atoms with van der Waals surface area (Å²) in [7, 11) is -2.29. The zero-order valence-electron chi connectivity index (χ0n) is 16.3. The molecule has 10 heteroatoms. The van der Waals surface area contributed by atoms with E-state index < -0.39 is 15.9 Å². The first-order chi connectivity index (χ1) is 14.9. The third-order valence-corrected chi connectivity index (χ3v) is 6.27. The second-order valence-corrected chi connectivity index (χ2v) is 8.40. The standard InChI is InChI=1S/C21H17N5O4S/c1-26(17-5-3-2-4-6-17)31(28,29)18-9-7-15(8-10-18)19(27)23-21-25-24-20(30-21)16-11-13-22-14-12-16/h2-14H,1H3,(H,23,25,27). The maximum atomic E-state index is 12.8. The number of amides is 1. The molecule has 4 aromatic rings. The number of nitrogens with zero attached hydrogens (tertiary/aromatic N) is 4. The lowest BCUT2D eigenvalue weighted by Gasteiger charge is -2.19. The number of anilines is 2. The highest BCUT2D eigenvalue weighted by atomic mass is 32.2. The Morgan fingerprint density at radius 2 is 1.61 bits per heavy atom. The van der Waals surface area contributed by atoms with Crippen molar-refractivity contribution >= 4 is 27.6 Å². The average molecular weight is 435 g/mol. The van der Waals surface area contributed by atoms with Gasteiger partial charge in [0.25, 0.3) is 15.9 Å². The third kappa shape index (κ3) is 4.28. The Balaban J connectivity index is 1.48. The predicted octanol–water partition coefficient (Wildman–Crippen LogP) is 3.21. The van der Waals surface area contributed by atoms with E-state index in [1.807, 2.05) is 0 Å². The van der Waals surface area contributed by atoms with Gasteiger partial charge in [0.2, 0.25) is 5.89 Å². The zero-order chi connectivity index (χ0) is 21.8. The Labute approximate surface area is 178 Å². The second-order valence-electron chi connectivity index (χ2n) is 6.43. The summed E-state index contributed by atoms with van der Waals surface area (Å²) in [5, 5.41) is 10.2. The molecule has 0 radical (unpaired) electrons. The van der Waals surface area contributed by atoms with Gasteiger partial charge in [0.05, 0.1) is 10.6 Å². The van der Waals surface area contributed by atoms with E-state index in [-0.39, 0.29) is 22.4 Å². The van der Waals surface area contributed by atoms with Crippen molar-refractivity contribution in [2.75, 3.05) is 16.7 Å². The molecule has 0 atom stereocenters. The Morgan fingerprint density at radius 1 is 0.935 bits per heavy atom. The number of sulfonamides is 1. The summed E-state index contributed by atoms with van der Waals surface area (Å²) in [4.78, 5) is 16.4. The number of nitrogens with one attached hydrogen (secondary N) is 1. The smallest absolute Gasteiger partial charge is 0.322 e. The SMILES string of the molecule is CN(c1ccccc1)S(=O)(=O)c1ccc(C(=O)Nc2nnc(-c3ccncc3)o2)cc1. The molecule has 0 unspecified atom stereocenters.